The van der Waals surface area contributed by atoms with Crippen molar-refractivity contribution in [3.63, 3.8) is 0 Å². The highest BCUT2D eigenvalue weighted by Crippen LogP contribution is 2.80. The molecule has 0 aromatic carbocycles. The molecule has 1 saturated heterocycles. The minimum atomic E-state index is -0.662. The van der Waals surface area contributed by atoms with Crippen molar-refractivity contribution in [3.8, 4) is 0 Å². The number of ether oxygens (including phenoxy) is 3. The summed E-state index contributed by atoms with van der Waals surface area (Å²) in [5, 5.41) is 12.3. The third kappa shape index (κ3) is 2.27. The minimum absolute atomic E-state index is 0.0249. The van der Waals surface area contributed by atoms with Crippen molar-refractivity contribution in [1.82, 2.24) is 0 Å². The van der Waals surface area contributed by atoms with Crippen LogP contribution in [0, 0.1) is 52.3 Å². The predicted octanol–water partition coefficient (Wildman–Crippen LogP) is 3.92. The van der Waals surface area contributed by atoms with Crippen molar-refractivity contribution < 1.29 is 24.1 Å². The van der Waals surface area contributed by atoms with Gasteiger partial charge in [-0.15, -0.1) is 0 Å². The zero-order valence-corrected chi connectivity index (χ0v) is 19.3. The van der Waals surface area contributed by atoms with Gasteiger partial charge in [-0.2, -0.15) is 0 Å². The van der Waals surface area contributed by atoms with Crippen LogP contribution in [0.1, 0.15) is 72.1 Å². The molecule has 5 nitrogen and oxygen atoms in total. The quantitative estimate of drug-likeness (QED) is 0.673. The Kier molecular flexibility index (Phi) is 3.75. The largest absolute Gasteiger partial charge is 0.461 e. The fourth-order valence-corrected chi connectivity index (χ4v) is 10.2. The van der Waals surface area contributed by atoms with Gasteiger partial charge in [-0.1, -0.05) is 20.8 Å². The zero-order chi connectivity index (χ0) is 21.4. The smallest absolute Gasteiger partial charge is 0.305 e. The molecule has 0 amide bonds. The first-order valence-corrected chi connectivity index (χ1v) is 13.0. The Hall–Kier alpha value is -0.650. The maximum atomic E-state index is 12.3. The Labute approximate surface area is 185 Å². The molecule has 0 aromatic rings. The maximum Gasteiger partial charge on any atom is 0.305 e. The molecule has 0 radical (unpaired) electrons. The Morgan fingerprint density at radius 1 is 1.03 bits per heavy atom. The summed E-state index contributed by atoms with van der Waals surface area (Å²) in [6.07, 6.45) is 7.87. The van der Waals surface area contributed by atoms with Crippen molar-refractivity contribution >= 4 is 5.97 Å². The Balaban J connectivity index is 1.23. The molecule has 31 heavy (non-hydrogen) atoms. The third-order valence-electron chi connectivity index (χ3n) is 11.7. The topological polar surface area (TPSA) is 65.0 Å². The van der Waals surface area contributed by atoms with Crippen LogP contribution in [0.3, 0.4) is 0 Å². The van der Waals surface area contributed by atoms with Crippen molar-refractivity contribution in [3.05, 3.63) is 0 Å². The number of hydrogen-bond acceptors (Lipinski definition) is 5. The summed E-state index contributed by atoms with van der Waals surface area (Å²) in [6, 6.07) is 0. The lowest BCUT2D eigenvalue weighted by Crippen LogP contribution is -2.66. The second-order valence-electron chi connectivity index (χ2n) is 12.7. The molecule has 7 fully saturated rings. The van der Waals surface area contributed by atoms with Gasteiger partial charge >= 0.3 is 5.97 Å². The Bertz CT molecular complexity index is 821. The molecule has 11 unspecified atom stereocenters. The SMILES string of the molecule is CCC(=O)OC1C2CC2C2C3C4CC4C4(O)CC5(CCC4(C)C3CCC12C)OCCO5. The molecule has 0 bridgehead atoms. The van der Waals surface area contributed by atoms with Gasteiger partial charge in [0, 0.05) is 30.1 Å². The van der Waals surface area contributed by atoms with E-state index in [4.69, 9.17) is 14.2 Å². The highest BCUT2D eigenvalue weighted by molar-refractivity contribution is 5.69. The lowest BCUT2D eigenvalue weighted by Gasteiger charge is -2.65. The van der Waals surface area contributed by atoms with E-state index in [9.17, 15) is 9.90 Å². The summed E-state index contributed by atoms with van der Waals surface area (Å²) < 4.78 is 18.3. The average molecular weight is 431 g/mol. The van der Waals surface area contributed by atoms with Crippen LogP contribution >= 0.6 is 0 Å². The summed E-state index contributed by atoms with van der Waals surface area (Å²) in [6.45, 7) is 8.06. The molecule has 1 aliphatic heterocycles. The van der Waals surface area contributed by atoms with E-state index in [0.717, 1.165) is 38.0 Å². The fraction of sp³-hybridized carbons (Fsp3) is 0.962. The van der Waals surface area contributed by atoms with Gasteiger partial charge in [0.2, 0.25) is 0 Å². The molecule has 172 valence electrons. The maximum absolute atomic E-state index is 12.3. The Morgan fingerprint density at radius 3 is 2.55 bits per heavy atom. The van der Waals surface area contributed by atoms with Crippen LogP contribution in [0.2, 0.25) is 0 Å². The zero-order valence-electron chi connectivity index (χ0n) is 19.3. The summed E-state index contributed by atoms with van der Waals surface area (Å²) >= 11 is 0. The summed E-state index contributed by atoms with van der Waals surface area (Å²) in [5.41, 5.74) is -0.587. The van der Waals surface area contributed by atoms with E-state index in [2.05, 4.69) is 13.8 Å². The standard InChI is InChI=1S/C26H38O5/c1-4-19(27)31-22-15-11-14(15)21-20-16-12-18(16)26(28)13-25(29-9-10-30-25)8-7-24(26,3)17(20)5-6-23(21,22)2/h14-18,20-22,28H,4-13H2,1-3H3. The van der Waals surface area contributed by atoms with E-state index < -0.39 is 11.4 Å². The van der Waals surface area contributed by atoms with E-state index in [1.807, 2.05) is 6.92 Å². The van der Waals surface area contributed by atoms with Crippen LogP contribution in [0.5, 0.6) is 0 Å². The van der Waals surface area contributed by atoms with E-state index in [1.165, 1.54) is 6.42 Å². The van der Waals surface area contributed by atoms with Crippen LogP contribution in [-0.4, -0.2) is 41.8 Å². The van der Waals surface area contributed by atoms with Crippen LogP contribution in [-0.2, 0) is 19.0 Å². The number of carbonyl (C=O) groups excluding carboxylic acids is 1. The fourth-order valence-electron chi connectivity index (χ4n) is 10.2. The minimum Gasteiger partial charge on any atom is -0.461 e. The Morgan fingerprint density at radius 2 is 1.81 bits per heavy atom. The summed E-state index contributed by atoms with van der Waals surface area (Å²) in [4.78, 5) is 12.2. The molecule has 6 aliphatic carbocycles. The van der Waals surface area contributed by atoms with Crippen LogP contribution < -0.4 is 0 Å². The van der Waals surface area contributed by atoms with Crippen molar-refractivity contribution in [2.75, 3.05) is 13.2 Å². The normalized spacial score (nSPS) is 59.7. The van der Waals surface area contributed by atoms with E-state index >= 15 is 0 Å². The lowest BCUT2D eigenvalue weighted by atomic mass is 9.43. The van der Waals surface area contributed by atoms with Gasteiger partial charge in [0.15, 0.2) is 5.79 Å². The van der Waals surface area contributed by atoms with Crippen LogP contribution in [0.25, 0.3) is 0 Å². The van der Waals surface area contributed by atoms with E-state index in [0.29, 0.717) is 61.6 Å². The van der Waals surface area contributed by atoms with Gasteiger partial charge in [0.25, 0.3) is 0 Å². The second-order valence-corrected chi connectivity index (χ2v) is 12.7. The number of esters is 1. The van der Waals surface area contributed by atoms with Gasteiger partial charge in [0.05, 0.1) is 18.8 Å². The van der Waals surface area contributed by atoms with Gasteiger partial charge in [0.1, 0.15) is 6.10 Å². The molecule has 1 N–H and O–H groups in total. The number of fused-ring (bicyclic) bond motifs is 10. The van der Waals surface area contributed by atoms with Gasteiger partial charge in [-0.25, -0.2) is 0 Å². The number of hydrogen-bond donors (Lipinski definition) is 1. The van der Waals surface area contributed by atoms with Crippen LogP contribution in [0.4, 0.5) is 0 Å². The molecule has 11 atom stereocenters. The molecular formula is C26H38O5. The first-order chi connectivity index (χ1) is 14.8. The molecule has 5 heteroatoms. The number of carbonyl (C=O) groups is 1. The van der Waals surface area contributed by atoms with Gasteiger partial charge < -0.3 is 19.3 Å². The molecule has 1 heterocycles. The first-order valence-electron chi connectivity index (χ1n) is 13.0. The molecular weight excluding hydrogens is 392 g/mol. The van der Waals surface area contributed by atoms with Crippen LogP contribution in [0.15, 0.2) is 0 Å². The predicted molar refractivity (Wildman–Crippen MR) is 113 cm³/mol. The van der Waals surface area contributed by atoms with E-state index in [-0.39, 0.29) is 22.9 Å². The summed E-state index contributed by atoms with van der Waals surface area (Å²) in [5.74, 6) is 3.71. The third-order valence-corrected chi connectivity index (χ3v) is 11.7. The number of rotatable bonds is 2. The van der Waals surface area contributed by atoms with Gasteiger partial charge in [-0.3, -0.25) is 4.79 Å². The van der Waals surface area contributed by atoms with Crippen molar-refractivity contribution in [1.29, 1.82) is 0 Å². The van der Waals surface area contributed by atoms with Crippen molar-refractivity contribution in [2.24, 2.45) is 52.3 Å². The highest BCUT2D eigenvalue weighted by atomic mass is 16.7. The highest BCUT2D eigenvalue weighted by Gasteiger charge is 2.79. The lowest BCUT2D eigenvalue weighted by molar-refractivity contribution is -0.291. The second kappa shape index (κ2) is 5.88. The molecule has 7 rings (SSSR count). The molecule has 7 aliphatic rings. The molecule has 6 saturated carbocycles. The molecule has 1 spiro atoms. The van der Waals surface area contributed by atoms with Crippen molar-refractivity contribution in [2.45, 2.75) is 89.6 Å². The van der Waals surface area contributed by atoms with Gasteiger partial charge in [-0.05, 0) is 73.5 Å². The first kappa shape index (κ1) is 19.8. The average Bonchev–Trinajstić information content (AvgIpc) is 3.64. The molecule has 0 aromatic heterocycles. The summed E-state index contributed by atoms with van der Waals surface area (Å²) in [7, 11) is 0. The van der Waals surface area contributed by atoms with E-state index in [1.54, 1.807) is 0 Å². The monoisotopic (exact) mass is 430 g/mol. The number of aliphatic hydroxyl groups is 1.